The molecule has 0 aromatic heterocycles. The van der Waals surface area contributed by atoms with Gasteiger partial charge in [-0.3, -0.25) is 4.79 Å². The lowest BCUT2D eigenvalue weighted by molar-refractivity contribution is -0.122. The van der Waals surface area contributed by atoms with Crippen molar-refractivity contribution in [3.05, 3.63) is 42.0 Å². The van der Waals surface area contributed by atoms with E-state index in [-0.39, 0.29) is 11.8 Å². The van der Waals surface area contributed by atoms with Crippen molar-refractivity contribution in [1.82, 2.24) is 10.6 Å². The Kier molecular flexibility index (Phi) is 4.06. The van der Waals surface area contributed by atoms with E-state index in [0.717, 1.165) is 29.2 Å². The van der Waals surface area contributed by atoms with Crippen LogP contribution in [0.4, 0.5) is 0 Å². The topological polar surface area (TPSA) is 61.4 Å². The Morgan fingerprint density at radius 3 is 2.76 bits per heavy atom. The molecule has 1 aliphatic carbocycles. The van der Waals surface area contributed by atoms with E-state index in [0.29, 0.717) is 25.4 Å². The number of rotatable bonds is 6. The molecule has 1 saturated carbocycles. The summed E-state index contributed by atoms with van der Waals surface area (Å²) in [7, 11) is 0. The zero-order valence-corrected chi connectivity index (χ0v) is 11.9. The number of fused-ring (bicyclic) bond motifs is 1. The van der Waals surface area contributed by atoms with E-state index in [1.54, 1.807) is 6.07 Å². The van der Waals surface area contributed by atoms with Gasteiger partial charge in [0, 0.05) is 31.1 Å². The molecule has 110 valence electrons. The van der Waals surface area contributed by atoms with E-state index < -0.39 is 0 Å². The average Bonchev–Trinajstić information content (AvgIpc) is 3.33. The Morgan fingerprint density at radius 2 is 1.95 bits per heavy atom. The first-order valence-electron chi connectivity index (χ1n) is 7.44. The third-order valence-electron chi connectivity index (χ3n) is 3.87. The van der Waals surface area contributed by atoms with Crippen LogP contribution < -0.4 is 10.6 Å². The van der Waals surface area contributed by atoms with Gasteiger partial charge in [0.15, 0.2) is 0 Å². The number of hydrogen-bond donors (Lipinski definition) is 3. The summed E-state index contributed by atoms with van der Waals surface area (Å²) in [4.78, 5) is 11.5. The van der Waals surface area contributed by atoms with E-state index in [2.05, 4.69) is 10.6 Å². The minimum Gasteiger partial charge on any atom is -0.508 e. The molecule has 0 aliphatic heterocycles. The first kappa shape index (κ1) is 13.9. The summed E-state index contributed by atoms with van der Waals surface area (Å²) in [5, 5.41) is 18.4. The maximum Gasteiger partial charge on any atom is 0.223 e. The van der Waals surface area contributed by atoms with Gasteiger partial charge in [-0.2, -0.15) is 0 Å². The quantitative estimate of drug-likeness (QED) is 0.712. The molecule has 3 N–H and O–H groups in total. The maximum absolute atomic E-state index is 11.5. The van der Waals surface area contributed by atoms with Gasteiger partial charge in [0.2, 0.25) is 5.91 Å². The molecule has 0 radical (unpaired) electrons. The van der Waals surface area contributed by atoms with Gasteiger partial charge in [0.05, 0.1) is 0 Å². The number of aromatic hydroxyl groups is 1. The Morgan fingerprint density at radius 1 is 1.14 bits per heavy atom. The van der Waals surface area contributed by atoms with Crippen LogP contribution >= 0.6 is 0 Å². The highest BCUT2D eigenvalue weighted by molar-refractivity contribution is 5.87. The fourth-order valence-electron chi connectivity index (χ4n) is 2.49. The number of carbonyl (C=O) groups excluding carboxylic acids is 1. The monoisotopic (exact) mass is 284 g/mol. The van der Waals surface area contributed by atoms with Crippen LogP contribution in [0.3, 0.4) is 0 Å². The van der Waals surface area contributed by atoms with Crippen molar-refractivity contribution in [3.63, 3.8) is 0 Å². The second-order valence-corrected chi connectivity index (χ2v) is 5.53. The van der Waals surface area contributed by atoms with Crippen molar-refractivity contribution in [2.45, 2.75) is 19.4 Å². The number of nitrogens with one attached hydrogen (secondary N) is 2. The molecule has 0 atom stereocenters. The van der Waals surface area contributed by atoms with Crippen molar-refractivity contribution in [1.29, 1.82) is 0 Å². The van der Waals surface area contributed by atoms with Crippen molar-refractivity contribution in [2.24, 2.45) is 5.92 Å². The molecular formula is C17H20N2O2. The molecule has 1 aliphatic rings. The number of benzene rings is 2. The van der Waals surface area contributed by atoms with Gasteiger partial charge in [-0.05, 0) is 29.7 Å². The Labute approximate surface area is 124 Å². The van der Waals surface area contributed by atoms with Crippen LogP contribution in [-0.4, -0.2) is 24.1 Å². The van der Waals surface area contributed by atoms with Crippen LogP contribution in [0.15, 0.2) is 36.4 Å². The van der Waals surface area contributed by atoms with E-state index in [1.807, 2.05) is 30.3 Å². The summed E-state index contributed by atoms with van der Waals surface area (Å²) in [5.41, 5.74) is 0.904. The highest BCUT2D eigenvalue weighted by atomic mass is 16.3. The molecule has 2 aromatic rings. The van der Waals surface area contributed by atoms with Crippen LogP contribution in [0, 0.1) is 5.92 Å². The fourth-order valence-corrected chi connectivity index (χ4v) is 2.49. The summed E-state index contributed by atoms with van der Waals surface area (Å²) in [6, 6.07) is 11.7. The van der Waals surface area contributed by atoms with E-state index in [1.165, 1.54) is 0 Å². The van der Waals surface area contributed by atoms with Gasteiger partial charge in [0.25, 0.3) is 0 Å². The fraction of sp³-hybridized carbons (Fsp3) is 0.353. The third-order valence-corrected chi connectivity index (χ3v) is 3.87. The van der Waals surface area contributed by atoms with Gasteiger partial charge in [-0.15, -0.1) is 0 Å². The molecule has 0 unspecified atom stereocenters. The zero-order chi connectivity index (χ0) is 14.7. The summed E-state index contributed by atoms with van der Waals surface area (Å²) in [6.45, 7) is 1.91. The number of phenolic OH excluding ortho intramolecular Hbond substituents is 1. The van der Waals surface area contributed by atoms with E-state index >= 15 is 0 Å². The average molecular weight is 284 g/mol. The van der Waals surface area contributed by atoms with Gasteiger partial charge in [-0.1, -0.05) is 30.3 Å². The van der Waals surface area contributed by atoms with Gasteiger partial charge < -0.3 is 15.7 Å². The van der Waals surface area contributed by atoms with E-state index in [4.69, 9.17) is 0 Å². The lowest BCUT2D eigenvalue weighted by Crippen LogP contribution is -2.32. The van der Waals surface area contributed by atoms with Crippen molar-refractivity contribution in [3.8, 4) is 5.75 Å². The SMILES string of the molecule is O=C(NCCNCc1c(O)ccc2ccccc12)C1CC1. The molecule has 0 saturated heterocycles. The van der Waals surface area contributed by atoms with E-state index in [9.17, 15) is 9.90 Å². The van der Waals surface area contributed by atoms with Gasteiger partial charge in [0.1, 0.15) is 5.75 Å². The minimum atomic E-state index is 0.171. The molecule has 4 nitrogen and oxygen atoms in total. The zero-order valence-electron chi connectivity index (χ0n) is 11.9. The van der Waals surface area contributed by atoms with Crippen LogP contribution in [0.25, 0.3) is 10.8 Å². The lowest BCUT2D eigenvalue weighted by atomic mass is 10.0. The second-order valence-electron chi connectivity index (χ2n) is 5.53. The molecule has 3 rings (SSSR count). The number of hydrogen-bond acceptors (Lipinski definition) is 3. The van der Waals surface area contributed by atoms with Crippen LogP contribution in [-0.2, 0) is 11.3 Å². The number of amides is 1. The number of carbonyl (C=O) groups is 1. The molecule has 1 amide bonds. The highest BCUT2D eigenvalue weighted by Crippen LogP contribution is 2.28. The predicted molar refractivity (Wildman–Crippen MR) is 83.1 cm³/mol. The normalized spacial score (nSPS) is 14.3. The molecule has 2 aromatic carbocycles. The van der Waals surface area contributed by atoms with Crippen molar-refractivity contribution >= 4 is 16.7 Å². The second kappa shape index (κ2) is 6.14. The smallest absolute Gasteiger partial charge is 0.223 e. The van der Waals surface area contributed by atoms with Crippen LogP contribution in [0.2, 0.25) is 0 Å². The minimum absolute atomic E-state index is 0.171. The van der Waals surface area contributed by atoms with Gasteiger partial charge >= 0.3 is 0 Å². The standard InChI is InChI=1S/C17H20N2O2/c20-16-8-7-12-3-1-2-4-14(12)15(16)11-18-9-10-19-17(21)13-5-6-13/h1-4,7-8,13,18,20H,5-6,9-11H2,(H,19,21). The summed E-state index contributed by atoms with van der Waals surface area (Å²) in [6.07, 6.45) is 2.06. The van der Waals surface area contributed by atoms with Crippen molar-refractivity contribution in [2.75, 3.05) is 13.1 Å². The Bertz CT molecular complexity index is 650. The Balaban J connectivity index is 1.55. The summed E-state index contributed by atoms with van der Waals surface area (Å²) in [5.74, 6) is 0.736. The summed E-state index contributed by atoms with van der Waals surface area (Å²) < 4.78 is 0. The Hall–Kier alpha value is -2.07. The molecule has 4 heteroatoms. The van der Waals surface area contributed by atoms with Crippen LogP contribution in [0.1, 0.15) is 18.4 Å². The molecule has 0 spiro atoms. The van der Waals surface area contributed by atoms with Gasteiger partial charge in [-0.25, -0.2) is 0 Å². The molecule has 0 bridgehead atoms. The largest absolute Gasteiger partial charge is 0.508 e. The number of phenols is 1. The first-order valence-corrected chi connectivity index (χ1v) is 7.44. The first-order chi connectivity index (χ1) is 10.3. The molecule has 1 fully saturated rings. The van der Waals surface area contributed by atoms with Crippen molar-refractivity contribution < 1.29 is 9.90 Å². The maximum atomic E-state index is 11.5. The highest BCUT2D eigenvalue weighted by Gasteiger charge is 2.28. The van der Waals surface area contributed by atoms with Crippen LogP contribution in [0.5, 0.6) is 5.75 Å². The predicted octanol–water partition coefficient (Wildman–Crippen LogP) is 2.16. The molecule has 21 heavy (non-hydrogen) atoms. The summed E-state index contributed by atoms with van der Waals surface area (Å²) >= 11 is 0. The molecule has 0 heterocycles. The third kappa shape index (κ3) is 3.34. The lowest BCUT2D eigenvalue weighted by Gasteiger charge is -2.11. The molecular weight excluding hydrogens is 264 g/mol.